The van der Waals surface area contributed by atoms with Gasteiger partial charge in [0.15, 0.2) is 0 Å². The Bertz CT molecular complexity index is 481. The molecule has 0 bridgehead atoms. The second-order valence-corrected chi connectivity index (χ2v) is 12.1. The van der Waals surface area contributed by atoms with Gasteiger partial charge in [0.1, 0.15) is 13.2 Å². The van der Waals surface area contributed by atoms with Crippen molar-refractivity contribution in [1.29, 1.82) is 0 Å². The highest BCUT2D eigenvalue weighted by Gasteiger charge is 2.16. The number of hydrogen-bond acceptors (Lipinski definition) is 5. The second kappa shape index (κ2) is 26.6. The summed E-state index contributed by atoms with van der Waals surface area (Å²) in [6, 6.07) is 0. The largest absolute Gasteiger partial charge is 0.469 e. The van der Waals surface area contributed by atoms with Crippen LogP contribution in [0.2, 0.25) is 0 Å². The molecule has 0 aliphatic rings. The van der Waals surface area contributed by atoms with Crippen molar-refractivity contribution in [1.82, 2.24) is 5.32 Å². The number of phosphoric acid groups is 1. The lowest BCUT2D eigenvalue weighted by Gasteiger charge is -2.23. The zero-order valence-electron chi connectivity index (χ0n) is 24.4. The molecule has 0 fully saturated rings. The van der Waals surface area contributed by atoms with Gasteiger partial charge in [-0.05, 0) is 13.0 Å². The summed E-state index contributed by atoms with van der Waals surface area (Å²) in [6.45, 7) is 4.83. The number of nitrogens with one attached hydrogen (secondary N) is 1. The number of aliphatic hydroxyl groups is 1. The third-order valence-electron chi connectivity index (χ3n) is 6.14. The maximum absolute atomic E-state index is 10.2. The van der Waals surface area contributed by atoms with Gasteiger partial charge >= 0.3 is 7.82 Å². The highest BCUT2D eigenvalue weighted by atomic mass is 31.2. The third-order valence-corrected chi connectivity index (χ3v) is 6.66. The Balaban J connectivity index is 0. The van der Waals surface area contributed by atoms with E-state index in [0.717, 1.165) is 13.1 Å². The molecule has 9 heteroatoms. The Morgan fingerprint density at radius 3 is 1.53 bits per heavy atom. The highest BCUT2D eigenvalue weighted by Crippen LogP contribution is 2.35. The molecule has 4 N–H and O–H groups in total. The minimum absolute atomic E-state index is 0.0546. The van der Waals surface area contributed by atoms with E-state index in [2.05, 4.69) is 16.8 Å². The Morgan fingerprint density at radius 1 is 0.778 bits per heavy atom. The zero-order valence-corrected chi connectivity index (χ0v) is 25.3. The molecule has 0 aromatic carbocycles. The Labute approximate surface area is 223 Å². The number of hydrogen-bond donors (Lipinski definition) is 4. The molecule has 0 rings (SSSR count). The first-order chi connectivity index (χ1) is 17.1. The molecule has 220 valence electrons. The number of unbranched alkanes of at least 4 members (excludes halogenated alkanes) is 15. The van der Waals surface area contributed by atoms with E-state index >= 15 is 0 Å². The van der Waals surface area contributed by atoms with Crippen LogP contribution in [0.3, 0.4) is 0 Å². The van der Waals surface area contributed by atoms with Crippen molar-refractivity contribution >= 4 is 7.82 Å². The van der Waals surface area contributed by atoms with Crippen LogP contribution in [-0.2, 0) is 13.8 Å². The second-order valence-electron chi connectivity index (χ2n) is 10.9. The predicted octanol–water partition coefficient (Wildman–Crippen LogP) is 5.65. The number of aliphatic hydroxyl groups excluding tert-OH is 1. The van der Waals surface area contributed by atoms with Gasteiger partial charge in [-0.2, -0.15) is 0 Å². The van der Waals surface area contributed by atoms with E-state index in [1.807, 2.05) is 21.1 Å². The van der Waals surface area contributed by atoms with E-state index in [1.54, 1.807) is 7.11 Å². The van der Waals surface area contributed by atoms with Crippen molar-refractivity contribution in [3.05, 3.63) is 0 Å². The molecule has 0 amide bonds. The first-order valence-corrected chi connectivity index (χ1v) is 15.9. The Hall–Kier alpha value is -0.0500. The normalized spacial score (nSPS) is 12.9. The lowest BCUT2D eigenvalue weighted by Crippen LogP contribution is -2.37. The molecule has 1 unspecified atom stereocenters. The summed E-state index contributed by atoms with van der Waals surface area (Å²) in [5, 5.41) is 12.4. The Kier molecular flexibility index (Phi) is 28.1. The summed E-state index contributed by atoms with van der Waals surface area (Å²) in [5.74, 6) is 0. The number of rotatable bonds is 25. The van der Waals surface area contributed by atoms with E-state index < -0.39 is 7.82 Å². The number of quaternary nitrogens is 1. The van der Waals surface area contributed by atoms with Crippen LogP contribution in [0.4, 0.5) is 0 Å². The van der Waals surface area contributed by atoms with Gasteiger partial charge in [-0.3, -0.25) is 4.52 Å². The SMILES string of the molecule is CCCCCCCCCCCCCCCCCCNCC(CO)OC.C[N+](C)(C)CCOP(=O)(O)O. The van der Waals surface area contributed by atoms with Gasteiger partial charge in [-0.25, -0.2) is 4.57 Å². The molecule has 1 atom stereocenters. The molecule has 0 aromatic heterocycles. The topological polar surface area (TPSA) is 108 Å². The molecule has 0 heterocycles. The first-order valence-electron chi connectivity index (χ1n) is 14.4. The average Bonchev–Trinajstić information content (AvgIpc) is 2.79. The predicted molar refractivity (Wildman–Crippen MR) is 151 cm³/mol. The van der Waals surface area contributed by atoms with Gasteiger partial charge in [-0.15, -0.1) is 0 Å². The van der Waals surface area contributed by atoms with Crippen LogP contribution in [0, 0.1) is 0 Å². The minimum Gasteiger partial charge on any atom is -0.394 e. The van der Waals surface area contributed by atoms with E-state index in [0.29, 0.717) is 11.0 Å². The van der Waals surface area contributed by atoms with Gasteiger partial charge in [-0.1, -0.05) is 103 Å². The van der Waals surface area contributed by atoms with Crippen molar-refractivity contribution < 1.29 is 33.2 Å². The molecule has 0 saturated heterocycles. The summed E-state index contributed by atoms with van der Waals surface area (Å²) < 4.78 is 20.2. The summed E-state index contributed by atoms with van der Waals surface area (Å²) in [5.41, 5.74) is 0. The van der Waals surface area contributed by atoms with Crippen molar-refractivity contribution in [2.24, 2.45) is 0 Å². The van der Waals surface area contributed by atoms with Crippen LogP contribution in [0.25, 0.3) is 0 Å². The molecule has 0 radical (unpaired) electrons. The standard InChI is InChI=1S/C22H47NO2.C5H14NO4P/c1-3-4-5-6-7-8-9-10-11-12-13-14-15-16-17-18-19-23-20-22(21-24)25-2;1-6(2,3)4-5-10-11(7,8)9/h22-24H,3-21H2,1-2H3;4-5H2,1-3H3,(H-,7,8,9)/p+1. The number of ether oxygens (including phenoxy) is 1. The summed E-state index contributed by atoms with van der Waals surface area (Å²) >= 11 is 0. The zero-order chi connectivity index (χ0) is 27.5. The summed E-state index contributed by atoms with van der Waals surface area (Å²) in [6.07, 6.45) is 22.5. The number of phosphoric ester groups is 1. The highest BCUT2D eigenvalue weighted by molar-refractivity contribution is 7.46. The molecule has 0 spiro atoms. The van der Waals surface area contributed by atoms with Gasteiger partial charge in [0.2, 0.25) is 0 Å². The van der Waals surface area contributed by atoms with Crippen molar-refractivity contribution in [3.63, 3.8) is 0 Å². The van der Waals surface area contributed by atoms with E-state index in [1.165, 1.54) is 103 Å². The third kappa shape index (κ3) is 36.1. The first kappa shape index (κ1) is 38.1. The fourth-order valence-corrected chi connectivity index (χ4v) is 4.04. The van der Waals surface area contributed by atoms with E-state index in [4.69, 9.17) is 19.6 Å². The molecular formula is C27H62N2O6P+. The number of likely N-dealkylation sites (N-methyl/N-ethyl adjacent to an activating group) is 1. The van der Waals surface area contributed by atoms with Crippen molar-refractivity contribution in [3.8, 4) is 0 Å². The molecule has 36 heavy (non-hydrogen) atoms. The van der Waals surface area contributed by atoms with Crippen LogP contribution >= 0.6 is 7.82 Å². The molecule has 0 saturated carbocycles. The average molecular weight is 542 g/mol. The van der Waals surface area contributed by atoms with Crippen LogP contribution in [-0.4, -0.2) is 86.6 Å². The Morgan fingerprint density at radius 2 is 1.19 bits per heavy atom. The molecule has 8 nitrogen and oxygen atoms in total. The fourth-order valence-electron chi connectivity index (χ4n) is 3.72. The lowest BCUT2D eigenvalue weighted by atomic mass is 10.0. The maximum atomic E-state index is 10.2. The van der Waals surface area contributed by atoms with E-state index in [-0.39, 0.29) is 19.3 Å². The van der Waals surface area contributed by atoms with Crippen molar-refractivity contribution in [2.75, 3.05) is 61.1 Å². The smallest absolute Gasteiger partial charge is 0.394 e. The molecule has 0 aromatic rings. The molecule has 0 aliphatic carbocycles. The van der Waals surface area contributed by atoms with E-state index in [9.17, 15) is 4.57 Å². The van der Waals surface area contributed by atoms with Crippen LogP contribution < -0.4 is 5.32 Å². The number of methoxy groups -OCH3 is 1. The van der Waals surface area contributed by atoms with Crippen LogP contribution in [0.15, 0.2) is 0 Å². The monoisotopic (exact) mass is 541 g/mol. The van der Waals surface area contributed by atoms with Crippen LogP contribution in [0.5, 0.6) is 0 Å². The fraction of sp³-hybridized carbons (Fsp3) is 1.00. The van der Waals surface area contributed by atoms with Crippen LogP contribution in [0.1, 0.15) is 110 Å². The summed E-state index contributed by atoms with van der Waals surface area (Å²) in [7, 11) is 3.15. The minimum atomic E-state index is -4.26. The van der Waals surface area contributed by atoms with Gasteiger partial charge in [0.05, 0.1) is 33.9 Å². The van der Waals surface area contributed by atoms with Gasteiger partial charge < -0.3 is 29.4 Å². The molecular weight excluding hydrogens is 479 g/mol. The molecule has 0 aliphatic heterocycles. The lowest BCUT2D eigenvalue weighted by molar-refractivity contribution is -0.870. The summed E-state index contributed by atoms with van der Waals surface area (Å²) in [4.78, 5) is 16.6. The quantitative estimate of drug-likeness (QED) is 0.0672. The van der Waals surface area contributed by atoms with Gasteiger partial charge in [0, 0.05) is 13.7 Å². The maximum Gasteiger partial charge on any atom is 0.469 e. The number of nitrogens with zero attached hydrogens (tertiary/aromatic N) is 1. The van der Waals surface area contributed by atoms with Gasteiger partial charge in [0.25, 0.3) is 0 Å². The van der Waals surface area contributed by atoms with Crippen molar-refractivity contribution in [2.45, 2.75) is 116 Å².